The number of hydrogen-bond acceptors (Lipinski definition) is 6. The molecule has 0 saturated carbocycles. The van der Waals surface area contributed by atoms with Gasteiger partial charge in [-0.1, -0.05) is 23.4 Å². The third kappa shape index (κ3) is 5.10. The fourth-order valence-corrected chi connectivity index (χ4v) is 4.06. The molecule has 10 heteroatoms. The lowest BCUT2D eigenvalue weighted by atomic mass is 10.2. The summed E-state index contributed by atoms with van der Waals surface area (Å²) in [5.74, 6) is 1.96. The van der Waals surface area contributed by atoms with Crippen molar-refractivity contribution >= 4 is 33.4 Å². The van der Waals surface area contributed by atoms with Crippen LogP contribution in [0.2, 0.25) is 5.02 Å². The minimum absolute atomic E-state index is 0.0592. The highest BCUT2D eigenvalue weighted by Crippen LogP contribution is 2.26. The second kappa shape index (κ2) is 8.26. The zero-order valence-corrected chi connectivity index (χ0v) is 16.1. The normalized spacial score (nSPS) is 11.8. The van der Waals surface area contributed by atoms with Crippen molar-refractivity contribution in [1.82, 2.24) is 14.8 Å². The summed E-state index contributed by atoms with van der Waals surface area (Å²) in [7, 11) is -3.46. The summed E-state index contributed by atoms with van der Waals surface area (Å²) in [6.45, 7) is 0.468. The topological polar surface area (TPSA) is 104 Å². The molecule has 2 heterocycles. The average Bonchev–Trinajstić information content (AvgIpc) is 3.23. The van der Waals surface area contributed by atoms with Crippen molar-refractivity contribution in [3.63, 3.8) is 0 Å². The van der Waals surface area contributed by atoms with Crippen LogP contribution in [0.25, 0.3) is 11.4 Å². The smallest absolute Gasteiger partial charge is 0.209 e. The van der Waals surface area contributed by atoms with E-state index in [1.165, 1.54) is 11.8 Å². The van der Waals surface area contributed by atoms with Gasteiger partial charge in [-0.25, -0.2) is 13.6 Å². The molecule has 0 aliphatic rings. The Balaban J connectivity index is 1.83. The lowest BCUT2D eigenvalue weighted by molar-refractivity contribution is 0.485. The summed E-state index contributed by atoms with van der Waals surface area (Å²) in [5.41, 5.74) is 0.879. The minimum Gasteiger partial charge on any atom is -0.467 e. The summed E-state index contributed by atoms with van der Waals surface area (Å²) < 4.78 is 29.5. The molecule has 26 heavy (non-hydrogen) atoms. The van der Waals surface area contributed by atoms with Gasteiger partial charge in [0.1, 0.15) is 5.76 Å². The van der Waals surface area contributed by atoms with Gasteiger partial charge in [-0.15, -0.1) is 10.2 Å². The zero-order valence-electron chi connectivity index (χ0n) is 13.7. The Kier molecular flexibility index (Phi) is 6.02. The van der Waals surface area contributed by atoms with E-state index in [1.807, 2.05) is 28.8 Å². The Morgan fingerprint density at radius 3 is 2.62 bits per heavy atom. The van der Waals surface area contributed by atoms with Gasteiger partial charge in [-0.2, -0.15) is 0 Å². The molecule has 0 aliphatic carbocycles. The molecule has 0 amide bonds. The van der Waals surface area contributed by atoms with Crippen LogP contribution in [0.1, 0.15) is 12.2 Å². The molecular formula is C16H17ClN4O3S2. The number of primary sulfonamides is 1. The summed E-state index contributed by atoms with van der Waals surface area (Å²) in [6, 6.07) is 11.0. The number of nitrogens with two attached hydrogens (primary N) is 1. The monoisotopic (exact) mass is 412 g/mol. The van der Waals surface area contributed by atoms with Crippen LogP contribution in [0.15, 0.2) is 52.2 Å². The Labute approximate surface area is 160 Å². The van der Waals surface area contributed by atoms with E-state index >= 15 is 0 Å². The Morgan fingerprint density at radius 1 is 1.19 bits per heavy atom. The van der Waals surface area contributed by atoms with Gasteiger partial charge < -0.3 is 4.42 Å². The predicted octanol–water partition coefficient (Wildman–Crippen LogP) is 3.01. The van der Waals surface area contributed by atoms with Crippen molar-refractivity contribution < 1.29 is 12.8 Å². The largest absolute Gasteiger partial charge is 0.467 e. The van der Waals surface area contributed by atoms with Gasteiger partial charge in [0.05, 0.1) is 18.6 Å². The molecule has 0 fully saturated rings. The summed E-state index contributed by atoms with van der Waals surface area (Å²) >= 11 is 7.39. The van der Waals surface area contributed by atoms with Crippen LogP contribution in [-0.2, 0) is 16.6 Å². The second-order valence-corrected chi connectivity index (χ2v) is 8.78. The molecule has 7 nitrogen and oxygen atoms in total. The van der Waals surface area contributed by atoms with E-state index in [2.05, 4.69) is 10.2 Å². The Hall–Kier alpha value is -1.81. The van der Waals surface area contributed by atoms with Crippen LogP contribution < -0.4 is 5.14 Å². The zero-order chi connectivity index (χ0) is 18.6. The summed E-state index contributed by atoms with van der Waals surface area (Å²) in [5, 5.41) is 14.9. The molecule has 0 saturated heterocycles. The number of sulfonamides is 1. The van der Waals surface area contributed by atoms with Crippen molar-refractivity contribution in [2.45, 2.75) is 18.1 Å². The van der Waals surface area contributed by atoms with Crippen LogP contribution in [0, 0.1) is 0 Å². The van der Waals surface area contributed by atoms with Gasteiger partial charge in [0.15, 0.2) is 11.0 Å². The van der Waals surface area contributed by atoms with E-state index in [0.717, 1.165) is 11.3 Å². The molecule has 0 atom stereocenters. The number of nitrogens with zero attached hydrogens (tertiary/aromatic N) is 3. The van der Waals surface area contributed by atoms with Crippen molar-refractivity contribution in [1.29, 1.82) is 0 Å². The van der Waals surface area contributed by atoms with E-state index in [1.54, 1.807) is 18.4 Å². The first-order chi connectivity index (χ1) is 12.4. The SMILES string of the molecule is NS(=O)(=O)CCCSc1nnc(-c2ccc(Cl)cc2)n1Cc1ccco1. The highest BCUT2D eigenvalue weighted by molar-refractivity contribution is 7.99. The van der Waals surface area contributed by atoms with Crippen LogP contribution in [0.4, 0.5) is 0 Å². The first-order valence-corrected chi connectivity index (χ1v) is 10.8. The van der Waals surface area contributed by atoms with Gasteiger partial charge in [0, 0.05) is 16.3 Å². The third-order valence-corrected chi connectivity index (χ3v) is 5.68. The maximum absolute atomic E-state index is 11.0. The van der Waals surface area contributed by atoms with Gasteiger partial charge in [0.25, 0.3) is 0 Å². The van der Waals surface area contributed by atoms with Crippen molar-refractivity contribution in [2.75, 3.05) is 11.5 Å². The van der Waals surface area contributed by atoms with Crippen LogP contribution in [0.5, 0.6) is 0 Å². The number of aromatic nitrogens is 3. The van der Waals surface area contributed by atoms with Crippen LogP contribution in [0.3, 0.4) is 0 Å². The standard InChI is InChI=1S/C16H17ClN4O3S2/c17-13-6-4-12(5-7-13)15-19-20-16(25-9-2-10-26(18,22)23)21(15)11-14-3-1-8-24-14/h1,3-8H,2,9-11H2,(H2,18,22,23). The number of thioether (sulfide) groups is 1. The average molecular weight is 413 g/mol. The summed E-state index contributed by atoms with van der Waals surface area (Å²) in [6.07, 6.45) is 2.05. The van der Waals surface area contributed by atoms with E-state index in [4.69, 9.17) is 21.2 Å². The molecule has 3 aromatic rings. The third-order valence-electron chi connectivity index (χ3n) is 3.52. The van der Waals surface area contributed by atoms with E-state index < -0.39 is 10.0 Å². The summed E-state index contributed by atoms with van der Waals surface area (Å²) in [4.78, 5) is 0. The van der Waals surface area contributed by atoms with Crippen molar-refractivity contribution in [3.05, 3.63) is 53.4 Å². The molecule has 0 aliphatic heterocycles. The molecule has 0 bridgehead atoms. The first kappa shape index (κ1) is 19.0. The quantitative estimate of drug-likeness (QED) is 0.450. The van der Waals surface area contributed by atoms with Crippen molar-refractivity contribution in [3.8, 4) is 11.4 Å². The van der Waals surface area contributed by atoms with E-state index in [-0.39, 0.29) is 5.75 Å². The number of halogens is 1. The number of benzene rings is 1. The predicted molar refractivity (Wildman–Crippen MR) is 102 cm³/mol. The molecule has 138 valence electrons. The number of furan rings is 1. The van der Waals surface area contributed by atoms with Gasteiger partial charge in [-0.3, -0.25) is 4.57 Å². The molecule has 2 aromatic heterocycles. The van der Waals surface area contributed by atoms with Crippen molar-refractivity contribution in [2.24, 2.45) is 5.14 Å². The maximum atomic E-state index is 11.0. The van der Waals surface area contributed by atoms with Gasteiger partial charge in [0.2, 0.25) is 10.0 Å². The maximum Gasteiger partial charge on any atom is 0.209 e. The molecule has 0 radical (unpaired) electrons. The molecule has 1 aromatic carbocycles. The second-order valence-electron chi connectivity index (χ2n) is 5.55. The number of rotatable bonds is 8. The van der Waals surface area contributed by atoms with Crippen LogP contribution >= 0.6 is 23.4 Å². The molecule has 0 spiro atoms. The fraction of sp³-hybridized carbons (Fsp3) is 0.250. The van der Waals surface area contributed by atoms with E-state index in [9.17, 15) is 8.42 Å². The lowest BCUT2D eigenvalue weighted by Crippen LogP contribution is -2.16. The fourth-order valence-electron chi connectivity index (χ4n) is 2.33. The Morgan fingerprint density at radius 2 is 1.96 bits per heavy atom. The van der Waals surface area contributed by atoms with Gasteiger partial charge >= 0.3 is 0 Å². The molecule has 3 rings (SSSR count). The van der Waals surface area contributed by atoms with Gasteiger partial charge in [-0.05, 0) is 42.8 Å². The first-order valence-electron chi connectivity index (χ1n) is 7.77. The lowest BCUT2D eigenvalue weighted by Gasteiger charge is -2.09. The molecule has 2 N–H and O–H groups in total. The highest BCUT2D eigenvalue weighted by atomic mass is 35.5. The highest BCUT2D eigenvalue weighted by Gasteiger charge is 2.16. The minimum atomic E-state index is -3.46. The number of hydrogen-bond donors (Lipinski definition) is 1. The Bertz CT molecular complexity index is 954. The van der Waals surface area contributed by atoms with E-state index in [0.29, 0.717) is 34.7 Å². The van der Waals surface area contributed by atoms with Crippen LogP contribution in [-0.4, -0.2) is 34.7 Å². The molecule has 0 unspecified atom stereocenters. The molecular weight excluding hydrogens is 396 g/mol.